The van der Waals surface area contributed by atoms with Crippen molar-refractivity contribution < 1.29 is 8.42 Å². The van der Waals surface area contributed by atoms with Crippen LogP contribution in [0.2, 0.25) is 0 Å². The van der Waals surface area contributed by atoms with Gasteiger partial charge in [-0.1, -0.05) is 20.3 Å². The Balaban J connectivity index is 1.91. The van der Waals surface area contributed by atoms with Crippen LogP contribution in [0.25, 0.3) is 0 Å². The molecular weight excluding hydrogens is 270 g/mol. The van der Waals surface area contributed by atoms with E-state index < -0.39 is 9.84 Å². The van der Waals surface area contributed by atoms with Crippen LogP contribution in [0.15, 0.2) is 0 Å². The second-order valence-electron chi connectivity index (χ2n) is 7.70. The average molecular weight is 301 g/mol. The van der Waals surface area contributed by atoms with E-state index in [1.807, 2.05) is 0 Å². The predicted octanol–water partition coefficient (Wildman–Crippen LogP) is 2.86. The summed E-state index contributed by atoms with van der Waals surface area (Å²) < 4.78 is 22.7. The van der Waals surface area contributed by atoms with Crippen LogP contribution in [-0.4, -0.2) is 33.5 Å². The molecule has 1 N–H and O–H groups in total. The highest BCUT2D eigenvalue weighted by Crippen LogP contribution is 2.57. The first kappa shape index (κ1) is 16.3. The number of fused-ring (bicyclic) bond motifs is 2. The van der Waals surface area contributed by atoms with Gasteiger partial charge in [-0.05, 0) is 61.8 Å². The van der Waals surface area contributed by atoms with Crippen LogP contribution >= 0.6 is 0 Å². The summed E-state index contributed by atoms with van der Waals surface area (Å²) in [6.45, 7) is 6.65. The Labute approximate surface area is 124 Å². The van der Waals surface area contributed by atoms with Crippen LogP contribution < -0.4 is 5.32 Å². The van der Waals surface area contributed by atoms with E-state index in [9.17, 15) is 8.42 Å². The van der Waals surface area contributed by atoms with Crippen LogP contribution in [0.3, 0.4) is 0 Å². The molecule has 0 aliphatic heterocycles. The van der Waals surface area contributed by atoms with Gasteiger partial charge < -0.3 is 5.32 Å². The minimum absolute atomic E-state index is 0.357. The molecule has 0 spiro atoms. The minimum atomic E-state index is -2.81. The van der Waals surface area contributed by atoms with E-state index in [0.29, 0.717) is 17.1 Å². The van der Waals surface area contributed by atoms with E-state index in [0.717, 1.165) is 37.8 Å². The standard InChI is InChI=1S/C16H31NO2S/c1-13(2)11-17-12-16(7-4-8-20(3,18)19)10-14-5-6-15(16)9-14/h13-15,17H,4-12H2,1-3H3. The highest BCUT2D eigenvalue weighted by Gasteiger charge is 2.49. The third-order valence-corrected chi connectivity index (χ3v) is 6.35. The molecule has 0 radical (unpaired) electrons. The Morgan fingerprint density at radius 1 is 1.30 bits per heavy atom. The fourth-order valence-corrected chi connectivity index (χ4v) is 5.13. The van der Waals surface area contributed by atoms with Crippen molar-refractivity contribution in [3.63, 3.8) is 0 Å². The zero-order chi connectivity index (χ0) is 14.8. The Kier molecular flexibility index (Phi) is 5.17. The quantitative estimate of drug-likeness (QED) is 0.750. The number of sulfone groups is 1. The third kappa shape index (κ3) is 4.20. The molecule has 0 heterocycles. The summed E-state index contributed by atoms with van der Waals surface area (Å²) in [7, 11) is -2.81. The van der Waals surface area contributed by atoms with E-state index in [4.69, 9.17) is 0 Å². The summed E-state index contributed by atoms with van der Waals surface area (Å²) in [4.78, 5) is 0. The Bertz CT molecular complexity index is 418. The van der Waals surface area contributed by atoms with Crippen molar-refractivity contribution >= 4 is 9.84 Å². The molecule has 3 atom stereocenters. The van der Waals surface area contributed by atoms with Gasteiger partial charge in [0.1, 0.15) is 9.84 Å². The van der Waals surface area contributed by atoms with Crippen molar-refractivity contribution in [3.05, 3.63) is 0 Å². The van der Waals surface area contributed by atoms with Gasteiger partial charge in [0.15, 0.2) is 0 Å². The topological polar surface area (TPSA) is 46.2 Å². The molecule has 2 aliphatic rings. The van der Waals surface area contributed by atoms with Gasteiger partial charge in [0.05, 0.1) is 0 Å². The first-order chi connectivity index (χ1) is 9.31. The highest BCUT2D eigenvalue weighted by atomic mass is 32.2. The monoisotopic (exact) mass is 301 g/mol. The van der Waals surface area contributed by atoms with Gasteiger partial charge in [-0.15, -0.1) is 0 Å². The molecule has 0 aromatic rings. The maximum Gasteiger partial charge on any atom is 0.147 e. The zero-order valence-corrected chi connectivity index (χ0v) is 14.1. The fourth-order valence-electron chi connectivity index (χ4n) is 4.47. The lowest BCUT2D eigenvalue weighted by Gasteiger charge is -2.38. The molecule has 2 bridgehead atoms. The van der Waals surface area contributed by atoms with Gasteiger partial charge in [0.2, 0.25) is 0 Å². The second kappa shape index (κ2) is 6.35. The van der Waals surface area contributed by atoms with E-state index in [1.165, 1.54) is 31.9 Å². The minimum Gasteiger partial charge on any atom is -0.316 e. The summed E-state index contributed by atoms with van der Waals surface area (Å²) >= 11 is 0. The van der Waals surface area contributed by atoms with Crippen LogP contribution in [0.5, 0.6) is 0 Å². The van der Waals surface area contributed by atoms with Crippen molar-refractivity contribution in [2.24, 2.45) is 23.2 Å². The second-order valence-corrected chi connectivity index (χ2v) is 9.96. The summed E-state index contributed by atoms with van der Waals surface area (Å²) in [5.74, 6) is 2.79. The largest absolute Gasteiger partial charge is 0.316 e. The van der Waals surface area contributed by atoms with Gasteiger partial charge in [-0.3, -0.25) is 0 Å². The average Bonchev–Trinajstić information content (AvgIpc) is 2.87. The number of rotatable bonds is 8. The number of hydrogen-bond donors (Lipinski definition) is 1. The normalized spacial score (nSPS) is 33.2. The SMILES string of the molecule is CC(C)CNCC1(CCCS(C)(=O)=O)CC2CCC1C2. The van der Waals surface area contributed by atoms with Gasteiger partial charge in [0, 0.05) is 18.6 Å². The van der Waals surface area contributed by atoms with Crippen LogP contribution in [0.4, 0.5) is 0 Å². The highest BCUT2D eigenvalue weighted by molar-refractivity contribution is 7.90. The molecule has 4 heteroatoms. The maximum absolute atomic E-state index is 11.4. The molecule has 20 heavy (non-hydrogen) atoms. The summed E-state index contributed by atoms with van der Waals surface area (Å²) in [6.07, 6.45) is 8.78. The zero-order valence-electron chi connectivity index (χ0n) is 13.3. The molecule has 118 valence electrons. The van der Waals surface area contributed by atoms with Crippen LogP contribution in [0, 0.1) is 23.2 Å². The Morgan fingerprint density at radius 3 is 2.55 bits per heavy atom. The molecule has 0 amide bonds. The lowest BCUT2D eigenvalue weighted by atomic mass is 9.70. The number of hydrogen-bond acceptors (Lipinski definition) is 3. The third-order valence-electron chi connectivity index (χ3n) is 5.32. The Hall–Kier alpha value is -0.0900. The first-order valence-electron chi connectivity index (χ1n) is 8.19. The molecule has 3 nitrogen and oxygen atoms in total. The van der Waals surface area contributed by atoms with E-state index in [-0.39, 0.29) is 0 Å². The van der Waals surface area contributed by atoms with Crippen molar-refractivity contribution in [1.29, 1.82) is 0 Å². The van der Waals surface area contributed by atoms with E-state index in [1.54, 1.807) is 0 Å². The molecule has 0 aromatic heterocycles. The van der Waals surface area contributed by atoms with Gasteiger partial charge >= 0.3 is 0 Å². The molecular formula is C16H31NO2S. The van der Waals surface area contributed by atoms with Gasteiger partial charge in [-0.2, -0.15) is 0 Å². The predicted molar refractivity (Wildman–Crippen MR) is 84.5 cm³/mol. The van der Waals surface area contributed by atoms with Crippen LogP contribution in [-0.2, 0) is 9.84 Å². The van der Waals surface area contributed by atoms with Gasteiger partial charge in [-0.25, -0.2) is 8.42 Å². The molecule has 3 unspecified atom stereocenters. The van der Waals surface area contributed by atoms with Gasteiger partial charge in [0.25, 0.3) is 0 Å². The van der Waals surface area contributed by atoms with Crippen molar-refractivity contribution in [3.8, 4) is 0 Å². The lowest BCUT2D eigenvalue weighted by Crippen LogP contribution is -2.40. The number of nitrogens with one attached hydrogen (secondary N) is 1. The fraction of sp³-hybridized carbons (Fsp3) is 1.00. The van der Waals surface area contributed by atoms with Crippen molar-refractivity contribution in [2.45, 2.75) is 52.4 Å². The van der Waals surface area contributed by atoms with E-state index >= 15 is 0 Å². The first-order valence-corrected chi connectivity index (χ1v) is 10.3. The molecule has 0 saturated heterocycles. The lowest BCUT2D eigenvalue weighted by molar-refractivity contribution is 0.140. The molecule has 2 rings (SSSR count). The summed E-state index contributed by atoms with van der Waals surface area (Å²) in [5.41, 5.74) is 0.391. The summed E-state index contributed by atoms with van der Waals surface area (Å²) in [6, 6.07) is 0. The molecule has 2 fully saturated rings. The van der Waals surface area contributed by atoms with Crippen LogP contribution in [0.1, 0.15) is 52.4 Å². The molecule has 0 aromatic carbocycles. The smallest absolute Gasteiger partial charge is 0.147 e. The molecule has 2 saturated carbocycles. The Morgan fingerprint density at radius 2 is 2.05 bits per heavy atom. The summed E-state index contributed by atoms with van der Waals surface area (Å²) in [5, 5.41) is 3.65. The van der Waals surface area contributed by atoms with E-state index in [2.05, 4.69) is 19.2 Å². The maximum atomic E-state index is 11.4. The molecule has 2 aliphatic carbocycles. The van der Waals surface area contributed by atoms with Crippen molar-refractivity contribution in [1.82, 2.24) is 5.32 Å². The van der Waals surface area contributed by atoms with Crippen molar-refractivity contribution in [2.75, 3.05) is 25.1 Å².